The van der Waals surface area contributed by atoms with E-state index in [0.29, 0.717) is 6.54 Å². The first kappa shape index (κ1) is 15.4. The normalized spacial score (nSPS) is 12.0. The predicted octanol–water partition coefficient (Wildman–Crippen LogP) is 3.44. The minimum absolute atomic E-state index is 0.0242. The van der Waals surface area contributed by atoms with Crippen LogP contribution in [0, 0.1) is 12.8 Å². The third-order valence-corrected chi connectivity index (χ3v) is 3.99. The number of hydrogen-bond acceptors (Lipinski definition) is 5. The fourth-order valence-corrected chi connectivity index (χ4v) is 2.33. The topological polar surface area (TPSA) is 66.9 Å². The van der Waals surface area contributed by atoms with Gasteiger partial charge in [0.1, 0.15) is 5.82 Å². The number of carbonyl (C=O) groups excluding carboxylic acids is 1. The summed E-state index contributed by atoms with van der Waals surface area (Å²) in [5, 5.41) is 6.98. The van der Waals surface area contributed by atoms with Crippen LogP contribution in [0.4, 0.5) is 10.8 Å². The summed E-state index contributed by atoms with van der Waals surface area (Å²) in [5.41, 5.74) is 1.91. The number of nitrogens with one attached hydrogen (secondary N) is 2. The second-order valence-electron chi connectivity index (χ2n) is 5.00. The number of amides is 1. The smallest absolute Gasteiger partial charge is 0.227 e. The lowest BCUT2D eigenvalue weighted by atomic mass is 10.1. The van der Waals surface area contributed by atoms with Gasteiger partial charge in [0.05, 0.1) is 0 Å². The van der Waals surface area contributed by atoms with Crippen LogP contribution < -0.4 is 10.6 Å². The highest BCUT2D eigenvalue weighted by Crippen LogP contribution is 2.16. The van der Waals surface area contributed by atoms with Crippen molar-refractivity contribution in [2.24, 2.45) is 5.92 Å². The van der Waals surface area contributed by atoms with Crippen molar-refractivity contribution < 1.29 is 4.79 Å². The summed E-state index contributed by atoms with van der Waals surface area (Å²) in [6.07, 6.45) is 0.837. The van der Waals surface area contributed by atoms with Gasteiger partial charge in [-0.15, -0.1) is 0 Å². The molecule has 2 N–H and O–H groups in total. The predicted molar refractivity (Wildman–Crippen MR) is 86.5 cm³/mol. The molecule has 0 saturated carbocycles. The fraction of sp³-hybridized carbons (Fsp3) is 0.400. The molecule has 0 saturated heterocycles. The maximum Gasteiger partial charge on any atom is 0.227 e. The Kier molecular flexibility index (Phi) is 5.27. The lowest BCUT2D eigenvalue weighted by Gasteiger charge is -2.11. The molecule has 5 nitrogen and oxygen atoms in total. The Balaban J connectivity index is 1.95. The van der Waals surface area contributed by atoms with Crippen molar-refractivity contribution in [1.82, 2.24) is 9.36 Å². The first-order valence-electron chi connectivity index (χ1n) is 7.02. The Bertz CT molecular complexity index is 611. The molecule has 0 aliphatic carbocycles. The van der Waals surface area contributed by atoms with Gasteiger partial charge < -0.3 is 10.6 Å². The summed E-state index contributed by atoms with van der Waals surface area (Å²) < 4.78 is 4.13. The molecular weight excluding hydrogens is 284 g/mol. The molecular formula is C15H20N4OS. The number of carbonyl (C=O) groups is 1. The molecule has 0 radical (unpaired) electrons. The van der Waals surface area contributed by atoms with Gasteiger partial charge in [0, 0.05) is 29.7 Å². The third-order valence-electron chi connectivity index (χ3n) is 3.23. The molecule has 2 rings (SSSR count). The number of aromatic nitrogens is 2. The van der Waals surface area contributed by atoms with Gasteiger partial charge in [0.25, 0.3) is 0 Å². The van der Waals surface area contributed by atoms with Gasteiger partial charge in [-0.3, -0.25) is 4.79 Å². The molecule has 6 heteroatoms. The molecule has 0 bridgehead atoms. The molecule has 1 aromatic heterocycles. The minimum atomic E-state index is 0.0242. The number of benzene rings is 1. The molecule has 1 atom stereocenters. The van der Waals surface area contributed by atoms with Crippen molar-refractivity contribution in [2.45, 2.75) is 33.7 Å². The van der Waals surface area contributed by atoms with Crippen molar-refractivity contribution >= 4 is 28.3 Å². The second kappa shape index (κ2) is 7.17. The monoisotopic (exact) mass is 304 g/mol. The third kappa shape index (κ3) is 4.53. The molecule has 1 amide bonds. The van der Waals surface area contributed by atoms with E-state index < -0.39 is 0 Å². The maximum atomic E-state index is 11.9. The van der Waals surface area contributed by atoms with E-state index >= 15 is 0 Å². The van der Waals surface area contributed by atoms with E-state index in [2.05, 4.69) is 20.0 Å². The number of anilines is 2. The molecule has 112 valence electrons. The van der Waals surface area contributed by atoms with Gasteiger partial charge in [-0.25, -0.2) is 4.98 Å². The zero-order valence-electron chi connectivity index (χ0n) is 12.5. The SMILES string of the molecule is CCC(C)C(=O)Nc1cccc(CNc2nc(C)ns2)c1. The van der Waals surface area contributed by atoms with Gasteiger partial charge in [-0.1, -0.05) is 26.0 Å². The lowest BCUT2D eigenvalue weighted by molar-refractivity contribution is -0.119. The Hall–Kier alpha value is -1.95. The fourth-order valence-electron chi connectivity index (χ4n) is 1.76. The van der Waals surface area contributed by atoms with Crippen molar-refractivity contribution in [3.8, 4) is 0 Å². The van der Waals surface area contributed by atoms with Crippen LogP contribution in [0.1, 0.15) is 31.7 Å². The molecule has 2 aromatic rings. The first-order chi connectivity index (χ1) is 10.1. The average molecular weight is 304 g/mol. The van der Waals surface area contributed by atoms with E-state index in [0.717, 1.165) is 28.6 Å². The summed E-state index contributed by atoms with van der Waals surface area (Å²) in [4.78, 5) is 16.2. The summed E-state index contributed by atoms with van der Waals surface area (Å²) in [6, 6.07) is 7.83. The van der Waals surface area contributed by atoms with Crippen LogP contribution in [0.15, 0.2) is 24.3 Å². The molecule has 0 aliphatic rings. The van der Waals surface area contributed by atoms with E-state index in [1.165, 1.54) is 11.5 Å². The van der Waals surface area contributed by atoms with Crippen molar-refractivity contribution in [3.05, 3.63) is 35.7 Å². The summed E-state index contributed by atoms with van der Waals surface area (Å²) in [6.45, 7) is 6.46. The Morgan fingerprint density at radius 1 is 1.43 bits per heavy atom. The zero-order valence-corrected chi connectivity index (χ0v) is 13.3. The average Bonchev–Trinajstić information content (AvgIpc) is 2.90. The van der Waals surface area contributed by atoms with Crippen LogP contribution >= 0.6 is 11.5 Å². The Morgan fingerprint density at radius 3 is 2.90 bits per heavy atom. The van der Waals surface area contributed by atoms with E-state index in [-0.39, 0.29) is 11.8 Å². The van der Waals surface area contributed by atoms with E-state index in [9.17, 15) is 4.79 Å². The minimum Gasteiger partial charge on any atom is -0.356 e. The van der Waals surface area contributed by atoms with Gasteiger partial charge >= 0.3 is 0 Å². The lowest BCUT2D eigenvalue weighted by Crippen LogP contribution is -2.19. The van der Waals surface area contributed by atoms with Crippen molar-refractivity contribution in [1.29, 1.82) is 0 Å². The molecule has 1 aromatic carbocycles. The van der Waals surface area contributed by atoms with Crippen LogP contribution in [0.25, 0.3) is 0 Å². The molecule has 0 fully saturated rings. The van der Waals surface area contributed by atoms with Gasteiger partial charge in [-0.05, 0) is 31.0 Å². The summed E-state index contributed by atoms with van der Waals surface area (Å²) in [7, 11) is 0. The summed E-state index contributed by atoms with van der Waals surface area (Å²) in [5.74, 6) is 0.857. The van der Waals surface area contributed by atoms with Crippen LogP contribution in [0.2, 0.25) is 0 Å². The number of aryl methyl sites for hydroxylation is 1. The molecule has 1 unspecified atom stereocenters. The van der Waals surface area contributed by atoms with Gasteiger partial charge in [-0.2, -0.15) is 4.37 Å². The summed E-state index contributed by atoms with van der Waals surface area (Å²) >= 11 is 1.35. The van der Waals surface area contributed by atoms with Crippen LogP contribution in [-0.2, 0) is 11.3 Å². The molecule has 21 heavy (non-hydrogen) atoms. The molecule has 1 heterocycles. The number of nitrogens with zero attached hydrogens (tertiary/aromatic N) is 2. The highest BCUT2D eigenvalue weighted by molar-refractivity contribution is 7.09. The van der Waals surface area contributed by atoms with Crippen molar-refractivity contribution in [2.75, 3.05) is 10.6 Å². The van der Waals surface area contributed by atoms with Crippen LogP contribution in [0.3, 0.4) is 0 Å². The van der Waals surface area contributed by atoms with Crippen LogP contribution in [0.5, 0.6) is 0 Å². The Labute approximate surface area is 129 Å². The molecule has 0 spiro atoms. The second-order valence-corrected chi connectivity index (χ2v) is 5.75. The molecule has 0 aliphatic heterocycles. The standard InChI is InChI=1S/C15H20N4OS/c1-4-10(2)14(20)18-13-7-5-6-12(8-13)9-16-15-17-11(3)19-21-15/h5-8,10H,4,9H2,1-3H3,(H,18,20)(H,16,17,19). The van der Waals surface area contributed by atoms with Gasteiger partial charge in [0.15, 0.2) is 0 Å². The highest BCUT2D eigenvalue weighted by Gasteiger charge is 2.10. The largest absolute Gasteiger partial charge is 0.356 e. The van der Waals surface area contributed by atoms with Crippen LogP contribution in [-0.4, -0.2) is 15.3 Å². The van der Waals surface area contributed by atoms with E-state index in [1.807, 2.05) is 45.0 Å². The maximum absolute atomic E-state index is 11.9. The number of hydrogen-bond donors (Lipinski definition) is 2. The zero-order chi connectivity index (χ0) is 15.2. The van der Waals surface area contributed by atoms with Crippen molar-refractivity contribution in [3.63, 3.8) is 0 Å². The van der Waals surface area contributed by atoms with Gasteiger partial charge in [0.2, 0.25) is 11.0 Å². The highest BCUT2D eigenvalue weighted by atomic mass is 32.1. The quantitative estimate of drug-likeness (QED) is 0.858. The van der Waals surface area contributed by atoms with E-state index in [1.54, 1.807) is 0 Å². The first-order valence-corrected chi connectivity index (χ1v) is 7.79. The number of rotatable bonds is 6. The Morgan fingerprint density at radius 2 is 2.24 bits per heavy atom. The van der Waals surface area contributed by atoms with E-state index in [4.69, 9.17) is 0 Å².